The molecule has 22 heavy (non-hydrogen) atoms. The molecule has 0 aliphatic heterocycles. The second kappa shape index (κ2) is 6.71. The molecule has 0 heterocycles. The first-order valence-electron chi connectivity index (χ1n) is 7.65. The molecule has 0 spiro atoms. The van der Waals surface area contributed by atoms with Crippen LogP contribution < -0.4 is 10.5 Å². The molecule has 110 valence electrons. The molecule has 3 aromatic carbocycles. The third kappa shape index (κ3) is 2.99. The van der Waals surface area contributed by atoms with Gasteiger partial charge in [0.25, 0.3) is 0 Å². The second-order valence-corrected chi connectivity index (χ2v) is 11.7. The Labute approximate surface area is 140 Å². The molecule has 0 aromatic heterocycles. The van der Waals surface area contributed by atoms with Crippen LogP contribution in [0.2, 0.25) is 0 Å². The Bertz CT molecular complexity index is 681. The maximum atomic E-state index is 2.34. The van der Waals surface area contributed by atoms with Crippen molar-refractivity contribution in [1.29, 1.82) is 0 Å². The van der Waals surface area contributed by atoms with Crippen LogP contribution in [0.25, 0.3) is 0 Å². The van der Waals surface area contributed by atoms with E-state index in [1.165, 1.54) is 16.7 Å². The Kier molecular flexibility index (Phi) is 4.69. The van der Waals surface area contributed by atoms with Gasteiger partial charge in [-0.05, 0) is 0 Å². The second-order valence-electron chi connectivity index (χ2n) is 5.69. The van der Waals surface area contributed by atoms with E-state index in [1.54, 1.807) is 10.5 Å². The average molecular weight is 395 g/mol. The molecule has 0 unspecified atom stereocenters. The molecular formula is C21H21Sb. The molecule has 0 bridgehead atoms. The number of rotatable bonds is 3. The summed E-state index contributed by atoms with van der Waals surface area (Å²) < 4.78 is 4.73. The van der Waals surface area contributed by atoms with Gasteiger partial charge in [0.15, 0.2) is 0 Å². The molecule has 3 rings (SSSR count). The van der Waals surface area contributed by atoms with E-state index in [1.807, 2.05) is 0 Å². The van der Waals surface area contributed by atoms with Gasteiger partial charge in [-0.15, -0.1) is 0 Å². The van der Waals surface area contributed by atoms with E-state index < -0.39 is 20.2 Å². The summed E-state index contributed by atoms with van der Waals surface area (Å²) in [6.45, 7) is 6.76. The summed E-state index contributed by atoms with van der Waals surface area (Å²) in [5, 5.41) is 0. The van der Waals surface area contributed by atoms with Crippen molar-refractivity contribution in [1.82, 2.24) is 0 Å². The van der Waals surface area contributed by atoms with Crippen LogP contribution in [0.1, 0.15) is 16.7 Å². The van der Waals surface area contributed by atoms with Gasteiger partial charge < -0.3 is 0 Å². The van der Waals surface area contributed by atoms with Crippen molar-refractivity contribution in [3.63, 3.8) is 0 Å². The Morgan fingerprint density at radius 1 is 0.455 bits per heavy atom. The Morgan fingerprint density at radius 2 is 0.727 bits per heavy atom. The fourth-order valence-electron chi connectivity index (χ4n) is 2.83. The van der Waals surface area contributed by atoms with E-state index in [4.69, 9.17) is 0 Å². The molecule has 0 radical (unpaired) electrons. The van der Waals surface area contributed by atoms with Crippen molar-refractivity contribution in [2.24, 2.45) is 0 Å². The number of benzene rings is 3. The van der Waals surface area contributed by atoms with Gasteiger partial charge >= 0.3 is 141 Å². The van der Waals surface area contributed by atoms with Gasteiger partial charge in [0.2, 0.25) is 0 Å². The number of aryl methyl sites for hydroxylation is 3. The Morgan fingerprint density at radius 3 is 1.00 bits per heavy atom. The van der Waals surface area contributed by atoms with Gasteiger partial charge in [-0.25, -0.2) is 0 Å². The monoisotopic (exact) mass is 394 g/mol. The van der Waals surface area contributed by atoms with E-state index in [0.29, 0.717) is 0 Å². The molecule has 0 saturated carbocycles. The molecule has 0 nitrogen and oxygen atoms in total. The number of hydrogen-bond donors (Lipinski definition) is 0. The predicted octanol–water partition coefficient (Wildman–Crippen LogP) is 3.13. The molecule has 0 atom stereocenters. The third-order valence-electron chi connectivity index (χ3n) is 4.07. The van der Waals surface area contributed by atoms with Crippen LogP contribution in [0.3, 0.4) is 0 Å². The molecule has 0 N–H and O–H groups in total. The van der Waals surface area contributed by atoms with Crippen LogP contribution >= 0.6 is 0 Å². The standard InChI is InChI=1S/3C7H7.Sb/c3*1-7-5-3-2-4-6-7;/h3*2-5H,1H3;. The summed E-state index contributed by atoms with van der Waals surface area (Å²) in [5.74, 6) is 0. The minimum atomic E-state index is -1.98. The maximum absolute atomic E-state index is 2.34. The van der Waals surface area contributed by atoms with Crippen LogP contribution in [-0.4, -0.2) is 20.2 Å². The summed E-state index contributed by atoms with van der Waals surface area (Å²) >= 11 is -1.98. The van der Waals surface area contributed by atoms with E-state index in [2.05, 4.69) is 93.6 Å². The molecule has 0 saturated heterocycles. The van der Waals surface area contributed by atoms with Gasteiger partial charge in [-0.2, -0.15) is 0 Å². The van der Waals surface area contributed by atoms with Gasteiger partial charge in [-0.3, -0.25) is 0 Å². The summed E-state index contributed by atoms with van der Waals surface area (Å²) in [6.07, 6.45) is 0. The van der Waals surface area contributed by atoms with Crippen molar-refractivity contribution in [2.75, 3.05) is 0 Å². The zero-order valence-corrected chi connectivity index (χ0v) is 15.9. The van der Waals surface area contributed by atoms with Gasteiger partial charge in [0, 0.05) is 0 Å². The summed E-state index contributed by atoms with van der Waals surface area (Å²) in [4.78, 5) is 0. The molecule has 3 aromatic rings. The molecule has 0 amide bonds. The van der Waals surface area contributed by atoms with Crippen molar-refractivity contribution >= 4 is 30.7 Å². The van der Waals surface area contributed by atoms with E-state index >= 15 is 0 Å². The zero-order valence-electron chi connectivity index (χ0n) is 13.4. The normalized spacial score (nSPS) is 10.9. The zero-order chi connectivity index (χ0) is 15.5. The molecule has 0 aliphatic carbocycles. The van der Waals surface area contributed by atoms with Gasteiger partial charge in [0.1, 0.15) is 0 Å². The average Bonchev–Trinajstić information content (AvgIpc) is 2.53. The van der Waals surface area contributed by atoms with Crippen LogP contribution in [0.15, 0.2) is 72.8 Å². The fourth-order valence-corrected chi connectivity index (χ4v) is 10.7. The van der Waals surface area contributed by atoms with Crippen molar-refractivity contribution in [3.8, 4) is 0 Å². The van der Waals surface area contributed by atoms with Crippen LogP contribution in [0.4, 0.5) is 0 Å². The minimum absolute atomic E-state index is 1.43. The van der Waals surface area contributed by atoms with E-state index in [-0.39, 0.29) is 0 Å². The first-order chi connectivity index (χ1) is 10.7. The van der Waals surface area contributed by atoms with Gasteiger partial charge in [0.05, 0.1) is 0 Å². The van der Waals surface area contributed by atoms with Crippen LogP contribution in [-0.2, 0) is 0 Å². The van der Waals surface area contributed by atoms with Crippen molar-refractivity contribution < 1.29 is 0 Å². The Hall–Kier alpha value is -1.52. The van der Waals surface area contributed by atoms with Crippen molar-refractivity contribution in [3.05, 3.63) is 89.5 Å². The van der Waals surface area contributed by atoms with E-state index in [0.717, 1.165) is 0 Å². The van der Waals surface area contributed by atoms with E-state index in [9.17, 15) is 0 Å². The molecule has 0 aliphatic rings. The fraction of sp³-hybridized carbons (Fsp3) is 0.143. The van der Waals surface area contributed by atoms with Gasteiger partial charge in [-0.1, -0.05) is 0 Å². The van der Waals surface area contributed by atoms with Crippen LogP contribution in [0.5, 0.6) is 0 Å². The first kappa shape index (κ1) is 15.4. The summed E-state index contributed by atoms with van der Waals surface area (Å²) in [6, 6.07) is 26.8. The molecule has 0 fully saturated rings. The quantitative estimate of drug-likeness (QED) is 0.598. The molecule has 1 heteroatoms. The Balaban J connectivity index is 2.27. The van der Waals surface area contributed by atoms with Crippen LogP contribution in [0, 0.1) is 20.8 Å². The predicted molar refractivity (Wildman–Crippen MR) is 98.2 cm³/mol. The summed E-state index contributed by atoms with van der Waals surface area (Å²) in [7, 11) is 0. The third-order valence-corrected chi connectivity index (χ3v) is 12.5. The molecular weight excluding hydrogens is 374 g/mol. The van der Waals surface area contributed by atoms with Crippen molar-refractivity contribution in [2.45, 2.75) is 20.8 Å². The SMILES string of the molecule is Cc1cccc[c]1[Sb]([c]1ccccc1C)[c]1ccccc1C. The number of hydrogen-bond acceptors (Lipinski definition) is 0. The topological polar surface area (TPSA) is 0 Å². The summed E-state index contributed by atoms with van der Waals surface area (Å²) in [5.41, 5.74) is 4.28. The first-order valence-corrected chi connectivity index (χ1v) is 11.5.